The number of Topliss-reactive ketones (excluding diaryl/α,β-unsaturated/α-hetero) is 1. The van der Waals surface area contributed by atoms with Crippen molar-refractivity contribution in [3.63, 3.8) is 0 Å². The third-order valence-electron chi connectivity index (χ3n) is 5.09. The number of ketones is 1. The van der Waals surface area contributed by atoms with Crippen molar-refractivity contribution < 1.29 is 19.4 Å². The number of aliphatic hydroxyl groups is 1. The Labute approximate surface area is 166 Å². The van der Waals surface area contributed by atoms with Gasteiger partial charge in [-0.2, -0.15) is 0 Å². The fourth-order valence-electron chi connectivity index (χ4n) is 3.72. The van der Waals surface area contributed by atoms with Crippen molar-refractivity contribution in [2.75, 3.05) is 13.7 Å². The number of carbonyl (C=O) groups excluding carboxylic acids is 2. The van der Waals surface area contributed by atoms with E-state index in [-0.39, 0.29) is 11.4 Å². The lowest BCUT2D eigenvalue weighted by molar-refractivity contribution is -0.129. The SMILES string of the molecule is COc1ccc2[nH]cc(CCN3C(=O)C(O)=C(C(C)=O)[C@@H]3c3cccs3)c2c1. The molecule has 1 aliphatic heterocycles. The Balaban J connectivity index is 1.64. The van der Waals surface area contributed by atoms with Gasteiger partial charge in [-0.25, -0.2) is 0 Å². The van der Waals surface area contributed by atoms with E-state index in [2.05, 4.69) is 4.98 Å². The number of fused-ring (bicyclic) bond motifs is 1. The Hall–Kier alpha value is -3.06. The molecular formula is C21H20N2O4S. The fourth-order valence-corrected chi connectivity index (χ4v) is 4.56. The van der Waals surface area contributed by atoms with Crippen LogP contribution >= 0.6 is 11.3 Å². The number of thiophene rings is 1. The minimum Gasteiger partial charge on any atom is -0.503 e. The second-order valence-electron chi connectivity index (χ2n) is 6.71. The lowest BCUT2D eigenvalue weighted by Gasteiger charge is -2.25. The summed E-state index contributed by atoms with van der Waals surface area (Å²) in [6, 6.07) is 9.02. The molecule has 3 aromatic rings. The smallest absolute Gasteiger partial charge is 0.290 e. The Kier molecular flexibility index (Phi) is 4.68. The molecule has 0 bridgehead atoms. The minimum absolute atomic E-state index is 0.174. The van der Waals surface area contributed by atoms with Crippen LogP contribution in [0.25, 0.3) is 10.9 Å². The topological polar surface area (TPSA) is 82.6 Å². The Bertz CT molecular complexity index is 1080. The summed E-state index contributed by atoms with van der Waals surface area (Å²) in [5.74, 6) is -0.462. The molecule has 0 spiro atoms. The largest absolute Gasteiger partial charge is 0.503 e. The summed E-state index contributed by atoms with van der Waals surface area (Å²) in [7, 11) is 1.62. The molecule has 2 N–H and O–H groups in total. The maximum Gasteiger partial charge on any atom is 0.290 e. The molecule has 2 aromatic heterocycles. The van der Waals surface area contributed by atoms with Crippen molar-refractivity contribution >= 4 is 33.9 Å². The first-order chi connectivity index (χ1) is 13.5. The summed E-state index contributed by atoms with van der Waals surface area (Å²) < 4.78 is 5.31. The highest BCUT2D eigenvalue weighted by molar-refractivity contribution is 7.10. The van der Waals surface area contributed by atoms with Crippen LogP contribution < -0.4 is 4.74 Å². The number of hydrogen-bond donors (Lipinski definition) is 2. The van der Waals surface area contributed by atoms with Crippen molar-refractivity contribution in [3.05, 3.63) is 63.7 Å². The zero-order valence-corrected chi connectivity index (χ0v) is 16.4. The van der Waals surface area contributed by atoms with E-state index in [1.807, 2.05) is 41.9 Å². The standard InChI is InChI=1S/C21H20N2O4S/c1-12(24)18-19(17-4-3-9-28-17)23(21(26)20(18)25)8-7-13-11-22-16-6-5-14(27-2)10-15(13)16/h3-6,9-11,19,22,25H,7-8H2,1-2H3/t19-/m0/s1. The Morgan fingerprint density at radius 1 is 1.36 bits per heavy atom. The quantitative estimate of drug-likeness (QED) is 0.665. The van der Waals surface area contributed by atoms with Crippen LogP contribution in [-0.4, -0.2) is 40.3 Å². The first-order valence-corrected chi connectivity index (χ1v) is 9.81. The summed E-state index contributed by atoms with van der Waals surface area (Å²) in [4.78, 5) is 30.5. The van der Waals surface area contributed by atoms with Gasteiger partial charge in [-0.15, -0.1) is 11.3 Å². The van der Waals surface area contributed by atoms with Crippen LogP contribution in [0.3, 0.4) is 0 Å². The van der Waals surface area contributed by atoms with Crippen molar-refractivity contribution in [1.82, 2.24) is 9.88 Å². The average molecular weight is 396 g/mol. The molecule has 0 aliphatic carbocycles. The van der Waals surface area contributed by atoms with Gasteiger partial charge < -0.3 is 19.7 Å². The van der Waals surface area contributed by atoms with E-state index in [9.17, 15) is 14.7 Å². The minimum atomic E-state index is -0.537. The molecular weight excluding hydrogens is 376 g/mol. The molecule has 28 heavy (non-hydrogen) atoms. The molecule has 144 valence electrons. The number of H-pyrrole nitrogens is 1. The maximum atomic E-state index is 12.7. The number of carbonyl (C=O) groups is 2. The van der Waals surface area contributed by atoms with E-state index in [1.54, 1.807) is 12.0 Å². The molecule has 1 aromatic carbocycles. The third kappa shape index (κ3) is 2.97. The van der Waals surface area contributed by atoms with Gasteiger partial charge in [0.25, 0.3) is 5.91 Å². The lowest BCUT2D eigenvalue weighted by Crippen LogP contribution is -2.32. The van der Waals surface area contributed by atoms with Gasteiger partial charge in [0.05, 0.1) is 18.7 Å². The monoisotopic (exact) mass is 396 g/mol. The number of benzene rings is 1. The van der Waals surface area contributed by atoms with Crippen molar-refractivity contribution in [2.45, 2.75) is 19.4 Å². The van der Waals surface area contributed by atoms with E-state index >= 15 is 0 Å². The fraction of sp³-hybridized carbons (Fsp3) is 0.238. The number of hydrogen-bond acceptors (Lipinski definition) is 5. The highest BCUT2D eigenvalue weighted by Crippen LogP contribution is 2.39. The summed E-state index contributed by atoms with van der Waals surface area (Å²) in [6.45, 7) is 1.77. The van der Waals surface area contributed by atoms with Gasteiger partial charge in [0.15, 0.2) is 11.5 Å². The number of amides is 1. The normalized spacial score (nSPS) is 17.0. The molecule has 1 aliphatic rings. The van der Waals surface area contributed by atoms with Gasteiger partial charge in [0, 0.05) is 28.5 Å². The number of aromatic amines is 1. The number of rotatable bonds is 6. The second kappa shape index (κ2) is 7.16. The summed E-state index contributed by atoms with van der Waals surface area (Å²) in [5.41, 5.74) is 2.21. The Morgan fingerprint density at radius 3 is 2.86 bits per heavy atom. The summed E-state index contributed by atoms with van der Waals surface area (Å²) in [5, 5.41) is 13.2. The van der Waals surface area contributed by atoms with E-state index < -0.39 is 17.7 Å². The predicted octanol–water partition coefficient (Wildman–Crippen LogP) is 3.77. The molecule has 0 unspecified atom stereocenters. The highest BCUT2D eigenvalue weighted by atomic mass is 32.1. The molecule has 1 atom stereocenters. The molecule has 0 fully saturated rings. The average Bonchev–Trinajstić information content (AvgIpc) is 3.40. The van der Waals surface area contributed by atoms with E-state index in [0.717, 1.165) is 27.1 Å². The summed E-state index contributed by atoms with van der Waals surface area (Å²) in [6.07, 6.45) is 2.50. The maximum absolute atomic E-state index is 12.7. The van der Waals surface area contributed by atoms with Gasteiger partial charge in [-0.1, -0.05) is 6.07 Å². The number of aliphatic hydroxyl groups excluding tert-OH is 1. The number of nitrogens with zero attached hydrogens (tertiary/aromatic N) is 1. The van der Waals surface area contributed by atoms with Crippen LogP contribution in [0.15, 0.2) is 53.2 Å². The first-order valence-electron chi connectivity index (χ1n) is 8.93. The zero-order valence-electron chi connectivity index (χ0n) is 15.6. The van der Waals surface area contributed by atoms with Crippen LogP contribution in [0.2, 0.25) is 0 Å². The number of ether oxygens (including phenoxy) is 1. The van der Waals surface area contributed by atoms with Crippen LogP contribution in [0.4, 0.5) is 0 Å². The first kappa shape index (κ1) is 18.3. The number of methoxy groups -OCH3 is 1. The van der Waals surface area contributed by atoms with E-state index in [0.29, 0.717) is 13.0 Å². The Morgan fingerprint density at radius 2 is 2.18 bits per heavy atom. The van der Waals surface area contributed by atoms with Gasteiger partial charge in [0.1, 0.15) is 5.75 Å². The van der Waals surface area contributed by atoms with Gasteiger partial charge in [-0.05, 0) is 48.6 Å². The molecule has 0 radical (unpaired) electrons. The highest BCUT2D eigenvalue weighted by Gasteiger charge is 2.42. The van der Waals surface area contributed by atoms with Crippen LogP contribution in [-0.2, 0) is 16.0 Å². The molecule has 0 saturated heterocycles. The van der Waals surface area contributed by atoms with E-state index in [1.165, 1.54) is 18.3 Å². The van der Waals surface area contributed by atoms with Crippen LogP contribution in [0, 0.1) is 0 Å². The van der Waals surface area contributed by atoms with Gasteiger partial charge >= 0.3 is 0 Å². The molecule has 4 rings (SSSR count). The van der Waals surface area contributed by atoms with Gasteiger partial charge in [0.2, 0.25) is 0 Å². The lowest BCUT2D eigenvalue weighted by atomic mass is 10.0. The zero-order chi connectivity index (χ0) is 19.8. The van der Waals surface area contributed by atoms with E-state index in [4.69, 9.17) is 4.74 Å². The number of nitrogens with one attached hydrogen (secondary N) is 1. The van der Waals surface area contributed by atoms with Crippen molar-refractivity contribution in [3.8, 4) is 5.75 Å². The second-order valence-corrected chi connectivity index (χ2v) is 7.69. The summed E-state index contributed by atoms with van der Waals surface area (Å²) >= 11 is 1.47. The van der Waals surface area contributed by atoms with Crippen LogP contribution in [0.1, 0.15) is 23.4 Å². The molecule has 6 nitrogen and oxygen atoms in total. The molecule has 3 heterocycles. The predicted molar refractivity (Wildman–Crippen MR) is 108 cm³/mol. The third-order valence-corrected chi connectivity index (χ3v) is 6.02. The van der Waals surface area contributed by atoms with Crippen molar-refractivity contribution in [2.24, 2.45) is 0 Å². The molecule has 7 heteroatoms. The van der Waals surface area contributed by atoms with Crippen molar-refractivity contribution in [1.29, 1.82) is 0 Å². The molecule has 1 amide bonds. The van der Waals surface area contributed by atoms with Gasteiger partial charge in [-0.3, -0.25) is 9.59 Å². The molecule has 0 saturated carbocycles. The number of aromatic nitrogens is 1. The van der Waals surface area contributed by atoms with Crippen LogP contribution in [0.5, 0.6) is 5.75 Å².